The van der Waals surface area contributed by atoms with E-state index in [0.29, 0.717) is 0 Å². The van der Waals surface area contributed by atoms with E-state index in [9.17, 15) is 0 Å². The highest BCUT2D eigenvalue weighted by Gasteiger charge is 2.11. The quantitative estimate of drug-likeness (QED) is 0.564. The van der Waals surface area contributed by atoms with Crippen molar-refractivity contribution < 1.29 is 0 Å². The first kappa shape index (κ1) is 6.62. The van der Waals surface area contributed by atoms with Crippen molar-refractivity contribution in [2.24, 2.45) is 11.7 Å². The first-order valence-electron chi connectivity index (χ1n) is 3.51. The highest BCUT2D eigenvalue weighted by molar-refractivity contribution is 4.82. The van der Waals surface area contributed by atoms with Gasteiger partial charge in [0.15, 0.2) is 0 Å². The van der Waals surface area contributed by atoms with Gasteiger partial charge in [-0.1, -0.05) is 6.08 Å². The van der Waals surface area contributed by atoms with Crippen molar-refractivity contribution in [2.75, 3.05) is 13.1 Å². The topological polar surface area (TPSA) is 38.0 Å². The monoisotopic (exact) mass is 126 g/mol. The van der Waals surface area contributed by atoms with E-state index in [0.717, 1.165) is 12.3 Å². The van der Waals surface area contributed by atoms with Crippen molar-refractivity contribution in [3.63, 3.8) is 0 Å². The van der Waals surface area contributed by atoms with Gasteiger partial charge in [-0.25, -0.2) is 0 Å². The van der Waals surface area contributed by atoms with Crippen LogP contribution in [0.25, 0.3) is 0 Å². The van der Waals surface area contributed by atoms with E-state index >= 15 is 0 Å². The summed E-state index contributed by atoms with van der Waals surface area (Å²) in [6.45, 7) is 2.35. The van der Waals surface area contributed by atoms with Gasteiger partial charge in [0.1, 0.15) is 0 Å². The molecule has 2 heteroatoms. The molecule has 1 heterocycles. The molecule has 0 saturated carbocycles. The first-order chi connectivity index (χ1) is 4.43. The summed E-state index contributed by atoms with van der Waals surface area (Å²) in [5, 5.41) is 3.31. The minimum Gasteiger partial charge on any atom is -0.405 e. The molecule has 0 bridgehead atoms. The Labute approximate surface area is 56.1 Å². The third kappa shape index (κ3) is 2.06. The lowest BCUT2D eigenvalue weighted by Gasteiger charge is -2.00. The van der Waals surface area contributed by atoms with Gasteiger partial charge in [-0.2, -0.15) is 0 Å². The molecule has 1 fully saturated rings. The van der Waals surface area contributed by atoms with Crippen LogP contribution in [0.15, 0.2) is 12.3 Å². The van der Waals surface area contributed by atoms with Gasteiger partial charge in [0.2, 0.25) is 0 Å². The molecule has 0 amide bonds. The summed E-state index contributed by atoms with van der Waals surface area (Å²) in [6, 6.07) is 0. The molecule has 1 aliphatic rings. The maximum absolute atomic E-state index is 5.21. The largest absolute Gasteiger partial charge is 0.405 e. The molecule has 1 atom stereocenters. The second kappa shape index (κ2) is 3.51. The van der Waals surface area contributed by atoms with Crippen molar-refractivity contribution in [2.45, 2.75) is 12.8 Å². The molecule has 2 nitrogen and oxygen atoms in total. The lowest BCUT2D eigenvalue weighted by molar-refractivity contribution is 0.592. The molecule has 1 saturated heterocycles. The molecule has 1 aliphatic heterocycles. The summed E-state index contributed by atoms with van der Waals surface area (Å²) in [5.41, 5.74) is 5.21. The Balaban J connectivity index is 2.11. The van der Waals surface area contributed by atoms with Crippen LogP contribution in [-0.2, 0) is 0 Å². The fourth-order valence-corrected chi connectivity index (χ4v) is 1.19. The van der Waals surface area contributed by atoms with E-state index in [1.807, 2.05) is 6.08 Å². The van der Waals surface area contributed by atoms with Crippen molar-refractivity contribution in [1.82, 2.24) is 5.32 Å². The molecule has 52 valence electrons. The standard InChI is InChI=1S/C7H14N2/c8-4-1-2-7-3-5-9-6-7/h1,4,7,9H,2-3,5-6,8H2. The Morgan fingerprint density at radius 2 is 2.56 bits per heavy atom. The van der Waals surface area contributed by atoms with Gasteiger partial charge in [0.05, 0.1) is 0 Å². The van der Waals surface area contributed by atoms with E-state index in [4.69, 9.17) is 5.73 Å². The van der Waals surface area contributed by atoms with E-state index in [1.54, 1.807) is 6.20 Å². The fraction of sp³-hybridized carbons (Fsp3) is 0.714. The molecule has 1 rings (SSSR count). The maximum Gasteiger partial charge on any atom is -0.00171 e. The third-order valence-electron chi connectivity index (χ3n) is 1.77. The minimum atomic E-state index is 0.838. The zero-order chi connectivity index (χ0) is 6.53. The predicted molar refractivity (Wildman–Crippen MR) is 38.9 cm³/mol. The van der Waals surface area contributed by atoms with Crippen molar-refractivity contribution in [3.05, 3.63) is 12.3 Å². The molecule has 3 N–H and O–H groups in total. The third-order valence-corrected chi connectivity index (χ3v) is 1.77. The molecule has 0 aromatic heterocycles. The number of hydrogen-bond donors (Lipinski definition) is 2. The summed E-state index contributed by atoms with van der Waals surface area (Å²) >= 11 is 0. The van der Waals surface area contributed by atoms with E-state index in [-0.39, 0.29) is 0 Å². The Bertz CT molecular complexity index is 93.1. The summed E-state index contributed by atoms with van der Waals surface area (Å²) in [4.78, 5) is 0. The molecule has 1 unspecified atom stereocenters. The number of rotatable bonds is 2. The molecule has 0 radical (unpaired) electrons. The molecule has 9 heavy (non-hydrogen) atoms. The zero-order valence-electron chi connectivity index (χ0n) is 5.64. The van der Waals surface area contributed by atoms with Gasteiger partial charge in [-0.15, -0.1) is 0 Å². The van der Waals surface area contributed by atoms with Crippen LogP contribution in [0.5, 0.6) is 0 Å². The van der Waals surface area contributed by atoms with Gasteiger partial charge in [-0.05, 0) is 38.0 Å². The van der Waals surface area contributed by atoms with Crippen molar-refractivity contribution in [3.8, 4) is 0 Å². The number of hydrogen-bond acceptors (Lipinski definition) is 2. The van der Waals surface area contributed by atoms with Crippen LogP contribution >= 0.6 is 0 Å². The number of allylic oxidation sites excluding steroid dienone is 1. The van der Waals surface area contributed by atoms with Crippen molar-refractivity contribution >= 4 is 0 Å². The van der Waals surface area contributed by atoms with Gasteiger partial charge in [-0.3, -0.25) is 0 Å². The number of nitrogens with one attached hydrogen (secondary N) is 1. The predicted octanol–water partition coefficient (Wildman–Crippen LogP) is 0.458. The zero-order valence-corrected chi connectivity index (χ0v) is 5.64. The number of nitrogens with two attached hydrogens (primary N) is 1. The molecule has 0 aromatic rings. The van der Waals surface area contributed by atoms with Gasteiger partial charge in [0, 0.05) is 0 Å². The summed E-state index contributed by atoms with van der Waals surface area (Å²) < 4.78 is 0. The fourth-order valence-electron chi connectivity index (χ4n) is 1.19. The van der Waals surface area contributed by atoms with Gasteiger partial charge >= 0.3 is 0 Å². The van der Waals surface area contributed by atoms with Crippen LogP contribution in [0.4, 0.5) is 0 Å². The minimum absolute atomic E-state index is 0.838. The van der Waals surface area contributed by atoms with Crippen LogP contribution in [-0.4, -0.2) is 13.1 Å². The summed E-state index contributed by atoms with van der Waals surface area (Å²) in [7, 11) is 0. The van der Waals surface area contributed by atoms with Crippen LogP contribution in [0.3, 0.4) is 0 Å². The molecule has 0 aromatic carbocycles. The van der Waals surface area contributed by atoms with Crippen LogP contribution in [0.1, 0.15) is 12.8 Å². The van der Waals surface area contributed by atoms with Crippen LogP contribution < -0.4 is 11.1 Å². The van der Waals surface area contributed by atoms with E-state index in [1.165, 1.54) is 19.5 Å². The Morgan fingerprint density at radius 3 is 3.11 bits per heavy atom. The Hall–Kier alpha value is -0.500. The lowest BCUT2D eigenvalue weighted by Crippen LogP contribution is -2.08. The van der Waals surface area contributed by atoms with Crippen molar-refractivity contribution in [1.29, 1.82) is 0 Å². The highest BCUT2D eigenvalue weighted by Crippen LogP contribution is 2.11. The Kier molecular flexibility index (Phi) is 2.58. The van der Waals surface area contributed by atoms with Gasteiger partial charge < -0.3 is 11.1 Å². The SMILES string of the molecule is NC=CCC1CCNC1. The molecular formula is C7H14N2. The van der Waals surface area contributed by atoms with Gasteiger partial charge in [0.25, 0.3) is 0 Å². The highest BCUT2D eigenvalue weighted by atomic mass is 14.9. The van der Waals surface area contributed by atoms with E-state index < -0.39 is 0 Å². The van der Waals surface area contributed by atoms with Crippen LogP contribution in [0.2, 0.25) is 0 Å². The molecule has 0 spiro atoms. The summed E-state index contributed by atoms with van der Waals surface area (Å²) in [6.07, 6.45) is 6.13. The molecule has 0 aliphatic carbocycles. The maximum atomic E-state index is 5.21. The molecular weight excluding hydrogens is 112 g/mol. The van der Waals surface area contributed by atoms with E-state index in [2.05, 4.69) is 5.32 Å². The first-order valence-corrected chi connectivity index (χ1v) is 3.51. The second-order valence-corrected chi connectivity index (χ2v) is 2.52. The van der Waals surface area contributed by atoms with Crippen LogP contribution in [0, 0.1) is 5.92 Å². The smallest absolute Gasteiger partial charge is 0.00171 e. The summed E-state index contributed by atoms with van der Waals surface area (Å²) in [5.74, 6) is 0.838. The normalized spacial score (nSPS) is 27.8. The average Bonchev–Trinajstić information content (AvgIpc) is 2.34. The average molecular weight is 126 g/mol. The lowest BCUT2D eigenvalue weighted by atomic mass is 10.1. The second-order valence-electron chi connectivity index (χ2n) is 2.52. The Morgan fingerprint density at radius 1 is 1.67 bits per heavy atom.